The third-order valence-electron chi connectivity index (χ3n) is 2.29. The summed E-state index contributed by atoms with van der Waals surface area (Å²) in [6, 6.07) is 0. The highest BCUT2D eigenvalue weighted by Crippen LogP contribution is 2.07. The summed E-state index contributed by atoms with van der Waals surface area (Å²) in [6.45, 7) is 3.68. The summed E-state index contributed by atoms with van der Waals surface area (Å²) >= 11 is 0. The van der Waals surface area contributed by atoms with Gasteiger partial charge < -0.3 is 14.9 Å². The first-order valence-electron chi connectivity index (χ1n) is 6.11. The quantitative estimate of drug-likeness (QED) is 0.362. The molecule has 4 heteroatoms. The molecule has 0 amide bonds. The zero-order valence-electron chi connectivity index (χ0n) is 10.3. The molecule has 0 saturated carbocycles. The summed E-state index contributed by atoms with van der Waals surface area (Å²) in [5.41, 5.74) is 0. The number of aliphatic hydroxyl groups is 2. The lowest BCUT2D eigenvalue weighted by Gasteiger charge is -2.13. The van der Waals surface area contributed by atoms with Crippen molar-refractivity contribution in [3.8, 4) is 0 Å². The Labute approximate surface area is 97.6 Å². The molecule has 4 nitrogen and oxygen atoms in total. The van der Waals surface area contributed by atoms with Gasteiger partial charge >= 0.3 is 5.97 Å². The molecule has 0 saturated heterocycles. The van der Waals surface area contributed by atoms with Gasteiger partial charge in [-0.25, -0.2) is 0 Å². The summed E-state index contributed by atoms with van der Waals surface area (Å²) in [5, 5.41) is 18.2. The van der Waals surface area contributed by atoms with E-state index in [0.29, 0.717) is 6.42 Å². The van der Waals surface area contributed by atoms with Crippen molar-refractivity contribution in [1.29, 1.82) is 0 Å². The fourth-order valence-corrected chi connectivity index (χ4v) is 1.42. The molecule has 0 bridgehead atoms. The van der Waals surface area contributed by atoms with Crippen LogP contribution in [-0.4, -0.2) is 28.6 Å². The van der Waals surface area contributed by atoms with Crippen LogP contribution in [0.15, 0.2) is 0 Å². The van der Waals surface area contributed by atoms with Gasteiger partial charge in [-0.2, -0.15) is 0 Å². The molecule has 16 heavy (non-hydrogen) atoms. The van der Waals surface area contributed by atoms with E-state index in [2.05, 4.69) is 6.92 Å². The van der Waals surface area contributed by atoms with Crippen LogP contribution in [-0.2, 0) is 9.53 Å². The first-order valence-corrected chi connectivity index (χ1v) is 6.11. The zero-order chi connectivity index (χ0) is 12.4. The lowest BCUT2D eigenvalue weighted by molar-refractivity contribution is -0.171. The molecule has 0 aromatic rings. The van der Waals surface area contributed by atoms with Gasteiger partial charge in [0.2, 0.25) is 6.29 Å². The van der Waals surface area contributed by atoms with Crippen molar-refractivity contribution in [3.63, 3.8) is 0 Å². The minimum atomic E-state index is -1.18. The van der Waals surface area contributed by atoms with Crippen LogP contribution in [0.4, 0.5) is 0 Å². The van der Waals surface area contributed by atoms with Crippen molar-refractivity contribution < 1.29 is 19.7 Å². The van der Waals surface area contributed by atoms with E-state index < -0.39 is 12.4 Å². The maximum atomic E-state index is 11.2. The van der Waals surface area contributed by atoms with Crippen molar-refractivity contribution in [2.24, 2.45) is 0 Å². The minimum absolute atomic E-state index is 0.0710. The number of ether oxygens (including phenoxy) is 1. The van der Waals surface area contributed by atoms with E-state index in [0.717, 1.165) is 19.3 Å². The van der Waals surface area contributed by atoms with E-state index >= 15 is 0 Å². The average Bonchev–Trinajstić information content (AvgIpc) is 2.15. The lowest BCUT2D eigenvalue weighted by atomic mass is 10.1. The molecule has 0 aliphatic heterocycles. The monoisotopic (exact) mass is 232 g/mol. The van der Waals surface area contributed by atoms with Gasteiger partial charge in [0, 0.05) is 12.8 Å². The van der Waals surface area contributed by atoms with Gasteiger partial charge in [-0.3, -0.25) is 4.79 Å². The number of unbranched alkanes of at least 4 members (excludes halogenated alkanes) is 4. The SMILES string of the molecule is CCCCCCCC(=O)OC(O)CC(C)O. The van der Waals surface area contributed by atoms with Crippen molar-refractivity contribution in [3.05, 3.63) is 0 Å². The van der Waals surface area contributed by atoms with Crippen LogP contribution in [0.5, 0.6) is 0 Å². The lowest BCUT2D eigenvalue weighted by Crippen LogP contribution is -2.21. The fraction of sp³-hybridized carbons (Fsp3) is 0.917. The number of carbonyl (C=O) groups excluding carboxylic acids is 1. The molecule has 0 spiro atoms. The Balaban J connectivity index is 3.43. The Bertz CT molecular complexity index is 180. The number of aliphatic hydroxyl groups excluding tert-OH is 2. The van der Waals surface area contributed by atoms with E-state index in [-0.39, 0.29) is 12.4 Å². The molecule has 0 aliphatic carbocycles. The van der Waals surface area contributed by atoms with Crippen LogP contribution in [0, 0.1) is 0 Å². The topological polar surface area (TPSA) is 66.8 Å². The predicted molar refractivity (Wildman–Crippen MR) is 61.8 cm³/mol. The van der Waals surface area contributed by atoms with Crippen LogP contribution in [0.3, 0.4) is 0 Å². The third-order valence-corrected chi connectivity index (χ3v) is 2.29. The van der Waals surface area contributed by atoms with Crippen molar-refractivity contribution in [1.82, 2.24) is 0 Å². The van der Waals surface area contributed by atoms with Gasteiger partial charge in [0.25, 0.3) is 0 Å². The number of carbonyl (C=O) groups is 1. The van der Waals surface area contributed by atoms with Gasteiger partial charge in [0.1, 0.15) is 0 Å². The number of hydrogen-bond acceptors (Lipinski definition) is 4. The van der Waals surface area contributed by atoms with Crippen LogP contribution in [0.25, 0.3) is 0 Å². The normalized spacial score (nSPS) is 14.5. The summed E-state index contributed by atoms with van der Waals surface area (Å²) in [4.78, 5) is 11.2. The molecule has 96 valence electrons. The maximum Gasteiger partial charge on any atom is 0.308 e. The maximum absolute atomic E-state index is 11.2. The molecule has 2 N–H and O–H groups in total. The van der Waals surface area contributed by atoms with Crippen molar-refractivity contribution in [2.45, 2.75) is 71.2 Å². The number of rotatable bonds is 9. The molecule has 0 rings (SSSR count). The summed E-state index contributed by atoms with van der Waals surface area (Å²) in [6.07, 6.45) is 3.92. The third kappa shape index (κ3) is 9.93. The first-order chi connectivity index (χ1) is 7.56. The second-order valence-electron chi connectivity index (χ2n) is 4.19. The van der Waals surface area contributed by atoms with Gasteiger partial charge in [-0.15, -0.1) is 0 Å². The summed E-state index contributed by atoms with van der Waals surface area (Å²) in [5.74, 6) is -0.385. The smallest absolute Gasteiger partial charge is 0.308 e. The van der Waals surface area contributed by atoms with E-state index in [4.69, 9.17) is 9.84 Å². The van der Waals surface area contributed by atoms with Crippen LogP contribution in [0.2, 0.25) is 0 Å². The summed E-state index contributed by atoms with van der Waals surface area (Å²) < 4.78 is 4.72. The zero-order valence-corrected chi connectivity index (χ0v) is 10.3. The number of esters is 1. The second kappa shape index (κ2) is 9.60. The molecular weight excluding hydrogens is 208 g/mol. The van der Waals surface area contributed by atoms with Gasteiger partial charge in [-0.1, -0.05) is 32.6 Å². The van der Waals surface area contributed by atoms with Gasteiger partial charge in [0.15, 0.2) is 0 Å². The molecule has 0 aliphatic rings. The van der Waals surface area contributed by atoms with E-state index in [1.807, 2.05) is 0 Å². The highest BCUT2D eigenvalue weighted by atomic mass is 16.6. The van der Waals surface area contributed by atoms with E-state index in [1.54, 1.807) is 6.92 Å². The standard InChI is InChI=1S/C12H24O4/c1-3-4-5-6-7-8-11(14)16-12(15)9-10(2)13/h10,12-13,15H,3-9H2,1-2H3. The fourth-order valence-electron chi connectivity index (χ4n) is 1.42. The average molecular weight is 232 g/mol. The Morgan fingerprint density at radius 1 is 1.19 bits per heavy atom. The van der Waals surface area contributed by atoms with E-state index in [9.17, 15) is 9.90 Å². The van der Waals surface area contributed by atoms with Crippen molar-refractivity contribution >= 4 is 5.97 Å². The highest BCUT2D eigenvalue weighted by Gasteiger charge is 2.12. The Hall–Kier alpha value is -0.610. The van der Waals surface area contributed by atoms with Gasteiger partial charge in [0.05, 0.1) is 6.10 Å². The molecule has 0 aromatic heterocycles. The first kappa shape index (κ1) is 15.4. The Morgan fingerprint density at radius 2 is 1.81 bits per heavy atom. The predicted octanol–water partition coefficient (Wildman–Crippen LogP) is 1.98. The summed E-state index contributed by atoms with van der Waals surface area (Å²) in [7, 11) is 0. The molecule has 0 aromatic carbocycles. The molecule has 0 fully saturated rings. The largest absolute Gasteiger partial charge is 0.436 e. The van der Waals surface area contributed by atoms with Gasteiger partial charge in [-0.05, 0) is 13.3 Å². The minimum Gasteiger partial charge on any atom is -0.436 e. The van der Waals surface area contributed by atoms with Crippen LogP contribution in [0.1, 0.15) is 58.8 Å². The Kier molecular flexibility index (Phi) is 9.24. The van der Waals surface area contributed by atoms with Crippen LogP contribution >= 0.6 is 0 Å². The molecule has 2 unspecified atom stereocenters. The highest BCUT2D eigenvalue weighted by molar-refractivity contribution is 5.69. The molecular formula is C12H24O4. The molecule has 0 heterocycles. The Morgan fingerprint density at radius 3 is 2.38 bits per heavy atom. The van der Waals surface area contributed by atoms with E-state index in [1.165, 1.54) is 12.8 Å². The molecule has 2 atom stereocenters. The van der Waals surface area contributed by atoms with Crippen molar-refractivity contribution in [2.75, 3.05) is 0 Å². The molecule has 0 radical (unpaired) electrons. The number of hydrogen-bond donors (Lipinski definition) is 2. The second-order valence-corrected chi connectivity index (χ2v) is 4.19. The van der Waals surface area contributed by atoms with Crippen LogP contribution < -0.4 is 0 Å².